The normalized spacial score (nSPS) is 21.7. The maximum atomic E-state index is 13.8. The number of pyridine rings is 3. The van der Waals surface area contributed by atoms with Crippen molar-refractivity contribution in [1.29, 1.82) is 0 Å². The second-order valence-corrected chi connectivity index (χ2v) is 9.26. The topological polar surface area (TPSA) is 68.2 Å². The molecule has 2 saturated heterocycles. The molecular formula is C26H25F3N4O2. The van der Waals surface area contributed by atoms with Gasteiger partial charge in [-0.1, -0.05) is 6.07 Å². The molecule has 0 unspecified atom stereocenters. The number of rotatable bonds is 4. The van der Waals surface area contributed by atoms with Gasteiger partial charge in [0.25, 0.3) is 5.91 Å². The third-order valence-electron chi connectivity index (χ3n) is 6.93. The number of carbonyl (C=O) groups excluding carboxylic acids is 1. The van der Waals surface area contributed by atoms with Crippen LogP contribution in [0, 0.1) is 19.8 Å². The molecule has 3 atom stereocenters. The molecular weight excluding hydrogens is 457 g/mol. The van der Waals surface area contributed by atoms with Crippen molar-refractivity contribution in [3.05, 3.63) is 71.3 Å². The Balaban J connectivity index is 1.42. The van der Waals surface area contributed by atoms with Gasteiger partial charge >= 0.3 is 6.18 Å². The number of nitrogens with zero attached hydrogens (tertiary/aromatic N) is 4. The molecule has 3 aromatic heterocycles. The molecule has 0 N–H and O–H groups in total. The lowest BCUT2D eigenvalue weighted by Crippen LogP contribution is -2.59. The van der Waals surface area contributed by atoms with E-state index in [1.165, 1.54) is 6.07 Å². The molecule has 0 spiro atoms. The van der Waals surface area contributed by atoms with E-state index in [1.807, 2.05) is 36.9 Å². The number of ether oxygens (including phenoxy) is 1. The predicted octanol–water partition coefficient (Wildman–Crippen LogP) is 5.25. The van der Waals surface area contributed by atoms with Crippen molar-refractivity contribution in [3.8, 4) is 17.1 Å². The second kappa shape index (κ2) is 8.94. The molecule has 1 amide bonds. The van der Waals surface area contributed by atoms with Crippen molar-refractivity contribution in [3.63, 3.8) is 0 Å². The minimum absolute atomic E-state index is 0.126. The third-order valence-corrected chi connectivity index (χ3v) is 6.93. The van der Waals surface area contributed by atoms with Gasteiger partial charge in [0.15, 0.2) is 0 Å². The van der Waals surface area contributed by atoms with Crippen molar-refractivity contribution < 1.29 is 22.7 Å². The van der Waals surface area contributed by atoms with Crippen LogP contribution in [-0.4, -0.2) is 44.4 Å². The van der Waals surface area contributed by atoms with E-state index in [0.717, 1.165) is 53.9 Å². The lowest BCUT2D eigenvalue weighted by atomic mass is 9.77. The van der Waals surface area contributed by atoms with Gasteiger partial charge in [-0.2, -0.15) is 13.2 Å². The van der Waals surface area contributed by atoms with Gasteiger partial charge in [-0.25, -0.2) is 4.98 Å². The Kier molecular flexibility index (Phi) is 5.94. The number of hydrogen-bond acceptors (Lipinski definition) is 5. The van der Waals surface area contributed by atoms with Crippen LogP contribution in [0.4, 0.5) is 13.2 Å². The van der Waals surface area contributed by atoms with Crippen LogP contribution in [0.5, 0.6) is 5.88 Å². The van der Waals surface area contributed by atoms with Gasteiger partial charge in [0.2, 0.25) is 5.88 Å². The fourth-order valence-corrected chi connectivity index (χ4v) is 5.17. The molecule has 2 aliphatic heterocycles. The molecule has 9 heteroatoms. The number of piperidine rings is 2. The van der Waals surface area contributed by atoms with Crippen molar-refractivity contribution >= 4 is 5.91 Å². The first-order valence-electron chi connectivity index (χ1n) is 11.6. The molecule has 0 aromatic carbocycles. The third kappa shape index (κ3) is 4.47. The highest BCUT2D eigenvalue weighted by atomic mass is 19.4. The van der Waals surface area contributed by atoms with Crippen LogP contribution in [0.2, 0.25) is 0 Å². The number of aromatic nitrogens is 3. The summed E-state index contributed by atoms with van der Waals surface area (Å²) in [4.78, 5) is 28.5. The molecule has 3 aromatic rings. The van der Waals surface area contributed by atoms with Gasteiger partial charge < -0.3 is 9.64 Å². The molecule has 6 nitrogen and oxygen atoms in total. The molecule has 6 rings (SSSR count). The SMILES string of the molecule is Cc1cccnc1-c1c(C)ccnc1C(=O)N1C[C@H]2CC[C@H]1[C@H](Oc1ccc(C(F)(F)F)cn1)C2. The number of amides is 1. The highest BCUT2D eigenvalue weighted by molar-refractivity contribution is 6.00. The van der Waals surface area contributed by atoms with Gasteiger partial charge in [-0.15, -0.1) is 0 Å². The summed E-state index contributed by atoms with van der Waals surface area (Å²) in [6.07, 6.45) is 1.76. The van der Waals surface area contributed by atoms with Gasteiger partial charge in [0.1, 0.15) is 11.8 Å². The maximum absolute atomic E-state index is 13.8. The summed E-state index contributed by atoms with van der Waals surface area (Å²) in [5.41, 5.74) is 2.84. The summed E-state index contributed by atoms with van der Waals surface area (Å²) in [6, 6.07) is 7.66. The quantitative estimate of drug-likeness (QED) is 0.508. The first kappa shape index (κ1) is 23.3. The Hall–Kier alpha value is -3.49. The minimum atomic E-state index is -4.46. The summed E-state index contributed by atoms with van der Waals surface area (Å²) in [7, 11) is 0. The van der Waals surface area contributed by atoms with Crippen LogP contribution in [0.3, 0.4) is 0 Å². The summed E-state index contributed by atoms with van der Waals surface area (Å²) in [5, 5.41) is 0. The maximum Gasteiger partial charge on any atom is 0.417 e. The number of hydrogen-bond donors (Lipinski definition) is 0. The summed E-state index contributed by atoms with van der Waals surface area (Å²) < 4.78 is 44.7. The monoisotopic (exact) mass is 482 g/mol. The van der Waals surface area contributed by atoms with E-state index in [2.05, 4.69) is 15.0 Å². The number of carbonyl (C=O) groups is 1. The van der Waals surface area contributed by atoms with E-state index < -0.39 is 11.7 Å². The molecule has 3 aliphatic rings. The largest absolute Gasteiger partial charge is 0.472 e. The Bertz CT molecular complexity index is 1250. The standard InChI is InChI=1S/C26H25F3N4O2/c1-15-9-11-31-24(22(15)23-16(2)4-3-10-30-23)25(34)33-14-17-5-7-19(33)20(12-17)35-21-8-6-18(13-32-21)26(27,28)29/h3-4,6,8-11,13,17,19-20H,5,7,12,14H2,1-2H3/t17-,19-,20+/m0/s1. The highest BCUT2D eigenvalue weighted by Crippen LogP contribution is 2.39. The Morgan fingerprint density at radius 1 is 1.03 bits per heavy atom. The molecule has 0 radical (unpaired) electrons. The second-order valence-electron chi connectivity index (χ2n) is 9.26. The van der Waals surface area contributed by atoms with Crippen molar-refractivity contribution in [2.45, 2.75) is 51.4 Å². The molecule has 182 valence electrons. The van der Waals surface area contributed by atoms with Crippen molar-refractivity contribution in [2.24, 2.45) is 5.92 Å². The zero-order chi connectivity index (χ0) is 24.7. The first-order valence-corrected chi connectivity index (χ1v) is 11.6. The van der Waals surface area contributed by atoms with Crippen LogP contribution in [-0.2, 0) is 6.18 Å². The van der Waals surface area contributed by atoms with Gasteiger partial charge in [-0.05, 0) is 68.4 Å². The smallest absolute Gasteiger partial charge is 0.417 e. The summed E-state index contributed by atoms with van der Waals surface area (Å²) in [5.74, 6) is 0.187. The lowest BCUT2D eigenvalue weighted by Gasteiger charge is -2.49. The summed E-state index contributed by atoms with van der Waals surface area (Å²) >= 11 is 0. The van der Waals surface area contributed by atoms with E-state index in [0.29, 0.717) is 12.2 Å². The predicted molar refractivity (Wildman–Crippen MR) is 123 cm³/mol. The van der Waals surface area contributed by atoms with Crippen molar-refractivity contribution in [2.75, 3.05) is 6.54 Å². The van der Waals surface area contributed by atoms with Crippen LogP contribution in [0.1, 0.15) is 46.4 Å². The molecule has 35 heavy (non-hydrogen) atoms. The molecule has 1 saturated carbocycles. The van der Waals surface area contributed by atoms with Gasteiger partial charge in [0, 0.05) is 36.8 Å². The molecule has 5 heterocycles. The fourth-order valence-electron chi connectivity index (χ4n) is 5.17. The van der Waals surface area contributed by atoms with Crippen LogP contribution < -0.4 is 4.74 Å². The summed E-state index contributed by atoms with van der Waals surface area (Å²) in [6.45, 7) is 4.49. The minimum Gasteiger partial charge on any atom is -0.472 e. The van der Waals surface area contributed by atoms with E-state index in [1.54, 1.807) is 12.4 Å². The van der Waals surface area contributed by atoms with Crippen LogP contribution in [0.15, 0.2) is 48.9 Å². The zero-order valence-corrected chi connectivity index (χ0v) is 19.4. The van der Waals surface area contributed by atoms with E-state index in [9.17, 15) is 18.0 Å². The fraction of sp³-hybridized carbons (Fsp3) is 0.385. The van der Waals surface area contributed by atoms with Crippen LogP contribution in [0.25, 0.3) is 11.3 Å². The first-order chi connectivity index (χ1) is 16.7. The number of fused-ring (bicyclic) bond motifs is 3. The van der Waals surface area contributed by atoms with Crippen molar-refractivity contribution in [1.82, 2.24) is 19.9 Å². The van der Waals surface area contributed by atoms with E-state index in [-0.39, 0.29) is 29.9 Å². The average Bonchev–Trinajstić information content (AvgIpc) is 2.84. The highest BCUT2D eigenvalue weighted by Gasteiger charge is 2.45. The van der Waals surface area contributed by atoms with E-state index in [4.69, 9.17) is 4.74 Å². The van der Waals surface area contributed by atoms with Gasteiger partial charge in [-0.3, -0.25) is 14.8 Å². The number of alkyl halides is 3. The van der Waals surface area contributed by atoms with E-state index >= 15 is 0 Å². The zero-order valence-electron chi connectivity index (χ0n) is 19.4. The molecule has 2 bridgehead atoms. The Morgan fingerprint density at radius 3 is 2.54 bits per heavy atom. The number of halogens is 3. The number of aryl methyl sites for hydroxylation is 2. The Morgan fingerprint density at radius 2 is 1.86 bits per heavy atom. The molecule has 3 fully saturated rings. The van der Waals surface area contributed by atoms with Crippen LogP contribution >= 0.6 is 0 Å². The molecule has 1 aliphatic carbocycles. The van der Waals surface area contributed by atoms with Gasteiger partial charge in [0.05, 0.1) is 17.3 Å². The Labute approximate surface area is 201 Å². The average molecular weight is 483 g/mol. The lowest BCUT2D eigenvalue weighted by molar-refractivity contribution is -0.137.